The number of carbonyl (C=O) groups is 4. The molecule has 0 radical (unpaired) electrons. The second-order valence-corrected chi connectivity index (χ2v) is 4.15. The van der Waals surface area contributed by atoms with Crippen molar-refractivity contribution < 1.29 is 24.3 Å². The predicted molar refractivity (Wildman–Crippen MR) is 70.9 cm³/mol. The highest BCUT2D eigenvalue weighted by atomic mass is 16.4. The van der Waals surface area contributed by atoms with Gasteiger partial charge in [0, 0.05) is 32.4 Å². The van der Waals surface area contributed by atoms with E-state index in [1.807, 2.05) is 6.92 Å². The largest absolute Gasteiger partial charge is 0.481 e. The maximum Gasteiger partial charge on any atom is 0.321 e. The minimum atomic E-state index is -0.986. The molecule has 8 nitrogen and oxygen atoms in total. The topological polar surface area (TPSA) is 125 Å². The van der Waals surface area contributed by atoms with Gasteiger partial charge in [0.1, 0.15) is 0 Å². The van der Waals surface area contributed by atoms with Crippen LogP contribution in [0.4, 0.5) is 4.79 Å². The first-order chi connectivity index (χ1) is 9.45. The van der Waals surface area contributed by atoms with Gasteiger partial charge in [-0.25, -0.2) is 4.79 Å². The van der Waals surface area contributed by atoms with E-state index in [9.17, 15) is 19.2 Å². The molecule has 114 valence electrons. The van der Waals surface area contributed by atoms with Crippen molar-refractivity contribution in [3.63, 3.8) is 0 Å². The lowest BCUT2D eigenvalue weighted by Gasteiger charge is -2.06. The minimum Gasteiger partial charge on any atom is -0.481 e. The van der Waals surface area contributed by atoms with E-state index in [4.69, 9.17) is 5.11 Å². The van der Waals surface area contributed by atoms with E-state index < -0.39 is 17.9 Å². The molecule has 0 bridgehead atoms. The van der Waals surface area contributed by atoms with E-state index >= 15 is 0 Å². The molecule has 0 saturated carbocycles. The zero-order valence-electron chi connectivity index (χ0n) is 11.5. The third-order valence-corrected chi connectivity index (χ3v) is 2.26. The molecule has 0 rings (SSSR count). The van der Waals surface area contributed by atoms with Crippen molar-refractivity contribution in [1.29, 1.82) is 0 Å². The van der Waals surface area contributed by atoms with Crippen LogP contribution in [-0.2, 0) is 14.4 Å². The molecule has 0 saturated heterocycles. The summed E-state index contributed by atoms with van der Waals surface area (Å²) in [4.78, 5) is 43.9. The Balaban J connectivity index is 3.64. The van der Waals surface area contributed by atoms with Crippen LogP contribution in [0.3, 0.4) is 0 Å². The molecule has 0 aliphatic rings. The van der Waals surface area contributed by atoms with Crippen molar-refractivity contribution in [2.75, 3.05) is 13.1 Å². The summed E-state index contributed by atoms with van der Waals surface area (Å²) in [5, 5.41) is 15.5. The van der Waals surface area contributed by atoms with E-state index in [1.165, 1.54) is 0 Å². The van der Waals surface area contributed by atoms with Crippen molar-refractivity contribution in [3.05, 3.63) is 0 Å². The Labute approximate surface area is 117 Å². The number of urea groups is 1. The zero-order chi connectivity index (χ0) is 15.4. The molecule has 0 aromatic heterocycles. The number of carboxylic acids is 1. The second-order valence-electron chi connectivity index (χ2n) is 4.15. The molecule has 8 heteroatoms. The number of amides is 4. The van der Waals surface area contributed by atoms with Crippen LogP contribution in [0.25, 0.3) is 0 Å². The van der Waals surface area contributed by atoms with E-state index in [-0.39, 0.29) is 38.1 Å². The third-order valence-electron chi connectivity index (χ3n) is 2.26. The van der Waals surface area contributed by atoms with Gasteiger partial charge in [0.2, 0.25) is 11.8 Å². The van der Waals surface area contributed by atoms with Crippen LogP contribution in [0.15, 0.2) is 0 Å². The molecular weight excluding hydrogens is 266 g/mol. The van der Waals surface area contributed by atoms with Crippen LogP contribution >= 0.6 is 0 Å². The highest BCUT2D eigenvalue weighted by Gasteiger charge is 2.08. The number of carboxylic acid groups (broad SMARTS) is 1. The van der Waals surface area contributed by atoms with Crippen molar-refractivity contribution >= 4 is 23.8 Å². The number of carbonyl (C=O) groups excluding carboxylic acids is 3. The maximum atomic E-state index is 11.3. The highest BCUT2D eigenvalue weighted by molar-refractivity contribution is 5.94. The minimum absolute atomic E-state index is 0.0310. The first-order valence-corrected chi connectivity index (χ1v) is 6.51. The number of aliphatic carboxylic acids is 1. The molecule has 0 heterocycles. The number of hydrogen-bond acceptors (Lipinski definition) is 4. The van der Waals surface area contributed by atoms with E-state index in [1.54, 1.807) is 0 Å². The lowest BCUT2D eigenvalue weighted by Crippen LogP contribution is -2.40. The summed E-state index contributed by atoms with van der Waals surface area (Å²) in [6.07, 6.45) is 1.00. The molecule has 4 N–H and O–H groups in total. The molecule has 0 fully saturated rings. The van der Waals surface area contributed by atoms with E-state index in [2.05, 4.69) is 16.0 Å². The molecule has 0 aliphatic carbocycles. The summed E-state index contributed by atoms with van der Waals surface area (Å²) in [5.41, 5.74) is 0. The van der Waals surface area contributed by atoms with Crippen molar-refractivity contribution in [1.82, 2.24) is 16.0 Å². The predicted octanol–water partition coefficient (Wildman–Crippen LogP) is -0.0166. The van der Waals surface area contributed by atoms with E-state index in [0.717, 1.165) is 6.42 Å². The fourth-order valence-corrected chi connectivity index (χ4v) is 1.28. The monoisotopic (exact) mass is 287 g/mol. The Bertz CT molecular complexity index is 357. The van der Waals surface area contributed by atoms with Gasteiger partial charge in [0.05, 0.1) is 0 Å². The van der Waals surface area contributed by atoms with Crippen LogP contribution in [0, 0.1) is 0 Å². The summed E-state index contributed by atoms with van der Waals surface area (Å²) in [6.45, 7) is 2.65. The lowest BCUT2D eigenvalue weighted by atomic mass is 10.2. The van der Waals surface area contributed by atoms with Crippen LogP contribution < -0.4 is 16.0 Å². The van der Waals surface area contributed by atoms with Crippen molar-refractivity contribution in [3.8, 4) is 0 Å². The average molecular weight is 287 g/mol. The maximum absolute atomic E-state index is 11.3. The molecule has 0 aliphatic heterocycles. The van der Waals surface area contributed by atoms with Crippen LogP contribution in [0.5, 0.6) is 0 Å². The number of nitrogens with one attached hydrogen (secondary N) is 3. The van der Waals surface area contributed by atoms with E-state index in [0.29, 0.717) is 6.54 Å². The second kappa shape index (κ2) is 10.8. The van der Waals surface area contributed by atoms with Gasteiger partial charge in [0.25, 0.3) is 0 Å². The number of hydrogen-bond donors (Lipinski definition) is 4. The summed E-state index contributed by atoms with van der Waals surface area (Å²) in [5.74, 6) is -1.69. The van der Waals surface area contributed by atoms with Crippen LogP contribution in [0.2, 0.25) is 0 Å². The van der Waals surface area contributed by atoms with Crippen LogP contribution in [-0.4, -0.2) is 42.0 Å². The molecule has 4 amide bonds. The van der Waals surface area contributed by atoms with Gasteiger partial charge in [0.15, 0.2) is 0 Å². The summed E-state index contributed by atoms with van der Waals surface area (Å²) in [7, 11) is 0. The fourth-order valence-electron chi connectivity index (χ4n) is 1.28. The summed E-state index contributed by atoms with van der Waals surface area (Å²) < 4.78 is 0. The van der Waals surface area contributed by atoms with Gasteiger partial charge in [-0.2, -0.15) is 0 Å². The zero-order valence-corrected chi connectivity index (χ0v) is 11.5. The van der Waals surface area contributed by atoms with Gasteiger partial charge < -0.3 is 15.7 Å². The molecule has 20 heavy (non-hydrogen) atoms. The molecule has 0 unspecified atom stereocenters. The van der Waals surface area contributed by atoms with Crippen LogP contribution in [0.1, 0.15) is 39.0 Å². The van der Waals surface area contributed by atoms with Gasteiger partial charge >= 0.3 is 12.0 Å². The van der Waals surface area contributed by atoms with Gasteiger partial charge in [-0.1, -0.05) is 6.92 Å². The van der Waals surface area contributed by atoms with Gasteiger partial charge in [-0.15, -0.1) is 0 Å². The van der Waals surface area contributed by atoms with Crippen molar-refractivity contribution in [2.45, 2.75) is 39.0 Å². The third kappa shape index (κ3) is 11.0. The van der Waals surface area contributed by atoms with Gasteiger partial charge in [-0.3, -0.25) is 19.7 Å². The number of imide groups is 1. The first kappa shape index (κ1) is 17.9. The van der Waals surface area contributed by atoms with Gasteiger partial charge in [-0.05, 0) is 12.8 Å². The summed E-state index contributed by atoms with van der Waals surface area (Å²) >= 11 is 0. The first-order valence-electron chi connectivity index (χ1n) is 6.51. The molecule has 0 spiro atoms. The average Bonchev–Trinajstić information content (AvgIpc) is 2.35. The summed E-state index contributed by atoms with van der Waals surface area (Å²) in [6, 6.07) is -0.686. The lowest BCUT2D eigenvalue weighted by molar-refractivity contribution is -0.137. The molecule has 0 atom stereocenters. The smallest absolute Gasteiger partial charge is 0.321 e. The quantitative estimate of drug-likeness (QED) is 0.474. The highest BCUT2D eigenvalue weighted by Crippen LogP contribution is 1.94. The Morgan fingerprint density at radius 1 is 0.900 bits per heavy atom. The standard InChI is InChI=1S/C12H21N3O5/c1-2-7-13-9(16)6-8-14-12(20)15-10(17)4-3-5-11(18)19/h2-8H2,1H3,(H,13,16)(H,18,19)(H2,14,15,17,20). The molecule has 0 aromatic carbocycles. The Morgan fingerprint density at radius 3 is 2.20 bits per heavy atom. The Morgan fingerprint density at radius 2 is 1.60 bits per heavy atom. The normalized spacial score (nSPS) is 9.65. The van der Waals surface area contributed by atoms with Crippen molar-refractivity contribution in [2.24, 2.45) is 0 Å². The molecular formula is C12H21N3O5. The molecule has 0 aromatic rings. The Kier molecular flexibility index (Phi) is 9.63. The SMILES string of the molecule is CCCNC(=O)CCNC(=O)NC(=O)CCCC(=O)O. The number of rotatable bonds is 9. The Hall–Kier alpha value is -2.12. The fraction of sp³-hybridized carbons (Fsp3) is 0.667.